The highest BCUT2D eigenvalue weighted by atomic mass is 32.2. The second-order valence-electron chi connectivity index (χ2n) is 4.63. The van der Waals surface area contributed by atoms with Crippen molar-refractivity contribution < 1.29 is 0 Å². The normalized spacial score (nSPS) is 17.3. The molecule has 0 spiro atoms. The SMILES string of the molecule is CCCC(C)Sc1nnnn1CCNC1CC1. The van der Waals surface area contributed by atoms with Crippen molar-refractivity contribution in [1.29, 1.82) is 0 Å². The van der Waals surface area contributed by atoms with Crippen LogP contribution in [0.25, 0.3) is 0 Å². The van der Waals surface area contributed by atoms with Gasteiger partial charge in [-0.25, -0.2) is 4.68 Å². The standard InChI is InChI=1S/C11H21N5S/c1-3-4-9(2)17-11-13-14-15-16(11)8-7-12-10-5-6-10/h9-10,12H,3-8H2,1-2H3. The molecular formula is C11H21N5S. The summed E-state index contributed by atoms with van der Waals surface area (Å²) in [5.41, 5.74) is 0. The van der Waals surface area contributed by atoms with Gasteiger partial charge in [0.15, 0.2) is 0 Å². The lowest BCUT2D eigenvalue weighted by atomic mass is 10.3. The Morgan fingerprint density at radius 1 is 1.53 bits per heavy atom. The molecule has 1 aromatic heterocycles. The summed E-state index contributed by atoms with van der Waals surface area (Å²) in [6.45, 7) is 6.27. The Morgan fingerprint density at radius 3 is 3.06 bits per heavy atom. The van der Waals surface area contributed by atoms with Crippen molar-refractivity contribution in [3.05, 3.63) is 0 Å². The van der Waals surface area contributed by atoms with Crippen LogP contribution in [0.5, 0.6) is 0 Å². The number of rotatable bonds is 8. The van der Waals surface area contributed by atoms with Gasteiger partial charge in [-0.05, 0) is 29.7 Å². The third-order valence-corrected chi connectivity index (χ3v) is 3.98. The van der Waals surface area contributed by atoms with Gasteiger partial charge in [0.05, 0.1) is 6.54 Å². The molecule has 1 heterocycles. The Hall–Kier alpha value is -0.620. The molecule has 0 aromatic carbocycles. The molecule has 1 atom stereocenters. The number of aromatic nitrogens is 4. The topological polar surface area (TPSA) is 55.6 Å². The van der Waals surface area contributed by atoms with Gasteiger partial charge in [-0.1, -0.05) is 32.0 Å². The van der Waals surface area contributed by atoms with Crippen LogP contribution in [0.2, 0.25) is 0 Å². The molecule has 0 amide bonds. The minimum absolute atomic E-state index is 0.584. The number of hydrogen-bond donors (Lipinski definition) is 1. The van der Waals surface area contributed by atoms with E-state index in [1.165, 1.54) is 25.7 Å². The summed E-state index contributed by atoms with van der Waals surface area (Å²) in [4.78, 5) is 0. The van der Waals surface area contributed by atoms with E-state index in [9.17, 15) is 0 Å². The lowest BCUT2D eigenvalue weighted by Gasteiger charge is -2.09. The highest BCUT2D eigenvalue weighted by Crippen LogP contribution is 2.23. The maximum absolute atomic E-state index is 4.09. The van der Waals surface area contributed by atoms with Gasteiger partial charge < -0.3 is 5.32 Å². The molecule has 96 valence electrons. The third-order valence-electron chi connectivity index (χ3n) is 2.83. The summed E-state index contributed by atoms with van der Waals surface area (Å²) < 4.78 is 1.91. The van der Waals surface area contributed by atoms with Crippen LogP contribution in [0, 0.1) is 0 Å². The molecule has 17 heavy (non-hydrogen) atoms. The fourth-order valence-corrected chi connectivity index (χ4v) is 2.78. The van der Waals surface area contributed by atoms with Crippen LogP contribution in [0.1, 0.15) is 39.5 Å². The summed E-state index contributed by atoms with van der Waals surface area (Å²) >= 11 is 1.77. The van der Waals surface area contributed by atoms with Crippen molar-refractivity contribution in [3.63, 3.8) is 0 Å². The van der Waals surface area contributed by atoms with Crippen molar-refractivity contribution in [2.75, 3.05) is 6.54 Å². The molecule has 0 bridgehead atoms. The van der Waals surface area contributed by atoms with Gasteiger partial charge in [-0.2, -0.15) is 0 Å². The number of nitrogens with zero attached hydrogens (tertiary/aromatic N) is 4. The maximum atomic E-state index is 4.09. The molecular weight excluding hydrogens is 234 g/mol. The van der Waals surface area contributed by atoms with Gasteiger partial charge >= 0.3 is 0 Å². The molecule has 6 heteroatoms. The molecule has 1 aliphatic carbocycles. The van der Waals surface area contributed by atoms with E-state index in [1.54, 1.807) is 11.8 Å². The summed E-state index contributed by atoms with van der Waals surface area (Å²) in [6, 6.07) is 0.751. The van der Waals surface area contributed by atoms with Crippen molar-refractivity contribution in [1.82, 2.24) is 25.5 Å². The van der Waals surface area contributed by atoms with Gasteiger partial charge in [-0.15, -0.1) is 5.10 Å². The predicted molar refractivity (Wildman–Crippen MR) is 69.1 cm³/mol. The van der Waals surface area contributed by atoms with E-state index in [0.29, 0.717) is 5.25 Å². The Bertz CT molecular complexity index is 336. The number of thioether (sulfide) groups is 1. The van der Waals surface area contributed by atoms with Crippen molar-refractivity contribution in [2.45, 2.75) is 62.5 Å². The van der Waals surface area contributed by atoms with Crippen LogP contribution < -0.4 is 5.32 Å². The quantitative estimate of drug-likeness (QED) is 0.717. The zero-order valence-electron chi connectivity index (χ0n) is 10.6. The molecule has 1 unspecified atom stereocenters. The largest absolute Gasteiger partial charge is 0.312 e. The minimum atomic E-state index is 0.584. The fraction of sp³-hybridized carbons (Fsp3) is 0.909. The maximum Gasteiger partial charge on any atom is 0.209 e. The number of hydrogen-bond acceptors (Lipinski definition) is 5. The molecule has 1 N–H and O–H groups in total. The Labute approximate surface area is 107 Å². The van der Waals surface area contributed by atoms with Crippen molar-refractivity contribution >= 4 is 11.8 Å². The molecule has 1 aromatic rings. The van der Waals surface area contributed by atoms with E-state index in [2.05, 4.69) is 34.7 Å². The average molecular weight is 255 g/mol. The molecule has 1 aliphatic rings. The highest BCUT2D eigenvalue weighted by molar-refractivity contribution is 7.99. The van der Waals surface area contributed by atoms with Gasteiger partial charge in [0.25, 0.3) is 0 Å². The second kappa shape index (κ2) is 6.35. The summed E-state index contributed by atoms with van der Waals surface area (Å²) in [5.74, 6) is 0. The second-order valence-corrected chi connectivity index (χ2v) is 6.04. The molecule has 0 aliphatic heterocycles. The first kappa shape index (κ1) is 12.8. The Kier molecular flexibility index (Phi) is 4.79. The number of nitrogens with one attached hydrogen (secondary N) is 1. The molecule has 0 saturated heterocycles. The van der Waals surface area contributed by atoms with E-state index >= 15 is 0 Å². The van der Waals surface area contributed by atoms with Crippen LogP contribution in [0.15, 0.2) is 5.16 Å². The molecule has 1 saturated carbocycles. The minimum Gasteiger partial charge on any atom is -0.312 e. The van der Waals surface area contributed by atoms with Crippen molar-refractivity contribution in [3.8, 4) is 0 Å². The fourth-order valence-electron chi connectivity index (χ4n) is 1.73. The molecule has 1 fully saturated rings. The zero-order chi connectivity index (χ0) is 12.1. The summed E-state index contributed by atoms with van der Waals surface area (Å²) in [6.07, 6.45) is 5.06. The van der Waals surface area contributed by atoms with Gasteiger partial charge in [-0.3, -0.25) is 0 Å². The van der Waals surface area contributed by atoms with Gasteiger partial charge in [0.1, 0.15) is 0 Å². The third kappa shape index (κ3) is 4.27. The van der Waals surface area contributed by atoms with Gasteiger partial charge in [0.2, 0.25) is 5.16 Å². The van der Waals surface area contributed by atoms with E-state index < -0.39 is 0 Å². The van der Waals surface area contributed by atoms with Crippen LogP contribution in [0.4, 0.5) is 0 Å². The molecule has 2 rings (SSSR count). The molecule has 5 nitrogen and oxygen atoms in total. The van der Waals surface area contributed by atoms with Crippen LogP contribution in [-0.2, 0) is 6.54 Å². The highest BCUT2D eigenvalue weighted by Gasteiger charge is 2.20. The summed E-state index contributed by atoms with van der Waals surface area (Å²) in [5, 5.41) is 16.9. The van der Waals surface area contributed by atoms with Crippen LogP contribution in [0.3, 0.4) is 0 Å². The Balaban J connectivity index is 1.77. The smallest absolute Gasteiger partial charge is 0.209 e. The van der Waals surface area contributed by atoms with Gasteiger partial charge in [0, 0.05) is 17.8 Å². The lowest BCUT2D eigenvalue weighted by molar-refractivity contribution is 0.509. The Morgan fingerprint density at radius 2 is 2.35 bits per heavy atom. The van der Waals surface area contributed by atoms with E-state index in [1.807, 2.05) is 4.68 Å². The first-order valence-electron chi connectivity index (χ1n) is 6.45. The van der Waals surface area contributed by atoms with E-state index in [0.717, 1.165) is 24.3 Å². The van der Waals surface area contributed by atoms with E-state index in [-0.39, 0.29) is 0 Å². The van der Waals surface area contributed by atoms with Crippen molar-refractivity contribution in [2.24, 2.45) is 0 Å². The lowest BCUT2D eigenvalue weighted by Crippen LogP contribution is -2.22. The van der Waals surface area contributed by atoms with E-state index in [4.69, 9.17) is 0 Å². The zero-order valence-corrected chi connectivity index (χ0v) is 11.4. The predicted octanol–water partition coefficient (Wildman–Crippen LogP) is 1.71. The first-order chi connectivity index (χ1) is 8.29. The first-order valence-corrected chi connectivity index (χ1v) is 7.33. The summed E-state index contributed by atoms with van der Waals surface area (Å²) in [7, 11) is 0. The van der Waals surface area contributed by atoms with Crippen LogP contribution >= 0.6 is 11.8 Å². The monoisotopic (exact) mass is 255 g/mol. The number of tetrazole rings is 1. The molecule has 0 radical (unpaired) electrons. The van der Waals surface area contributed by atoms with Crippen LogP contribution in [-0.4, -0.2) is 38.0 Å². The average Bonchev–Trinajstić information content (AvgIpc) is 3.01.